The highest BCUT2D eigenvalue weighted by Gasteiger charge is 2.37. The maximum Gasteiger partial charge on any atom is 0.306 e. The molecule has 0 spiro atoms. The summed E-state index contributed by atoms with van der Waals surface area (Å²) in [7, 11) is -3.96. The summed E-state index contributed by atoms with van der Waals surface area (Å²) in [5, 5.41) is 10.8. The van der Waals surface area contributed by atoms with Crippen molar-refractivity contribution in [3.8, 4) is 0 Å². The van der Waals surface area contributed by atoms with Gasteiger partial charge in [-0.1, -0.05) is 0 Å². The number of nitro groups is 1. The third kappa shape index (κ3) is 3.11. The van der Waals surface area contributed by atoms with Gasteiger partial charge in [0.25, 0.3) is 0 Å². The third-order valence-corrected chi connectivity index (χ3v) is 6.12. The van der Waals surface area contributed by atoms with Crippen LogP contribution in [-0.4, -0.2) is 54.6 Å². The second-order valence-electron chi connectivity index (χ2n) is 5.87. The zero-order valence-electron chi connectivity index (χ0n) is 12.7. The van der Waals surface area contributed by atoms with Crippen molar-refractivity contribution in [3.05, 3.63) is 34.1 Å². The minimum Gasteiger partial charge on any atom is -0.340 e. The van der Waals surface area contributed by atoms with Crippen LogP contribution in [0.3, 0.4) is 0 Å². The molecule has 2 fully saturated rings. The highest BCUT2D eigenvalue weighted by atomic mass is 32.2. The average Bonchev–Trinajstić information content (AvgIpc) is 3.39. The molecule has 1 saturated heterocycles. The van der Waals surface area contributed by atoms with Gasteiger partial charge in [-0.2, -0.15) is 8.70 Å². The number of amides is 1. The molecule has 1 aliphatic carbocycles. The van der Waals surface area contributed by atoms with E-state index < -0.39 is 26.5 Å². The van der Waals surface area contributed by atoms with Gasteiger partial charge in [0.05, 0.1) is 9.82 Å². The van der Waals surface area contributed by atoms with Gasteiger partial charge in [0.15, 0.2) is 0 Å². The maximum atomic E-state index is 13.4. The lowest BCUT2D eigenvalue weighted by Crippen LogP contribution is -2.50. The van der Waals surface area contributed by atoms with E-state index in [-0.39, 0.29) is 42.9 Å². The number of rotatable bonds is 4. The summed E-state index contributed by atoms with van der Waals surface area (Å²) in [6.07, 6.45) is 1.77. The molecule has 0 N–H and O–H groups in total. The number of nitrogens with zero attached hydrogens (tertiary/aromatic N) is 3. The van der Waals surface area contributed by atoms with Crippen LogP contribution >= 0.6 is 0 Å². The van der Waals surface area contributed by atoms with Gasteiger partial charge in [-0.3, -0.25) is 14.9 Å². The Morgan fingerprint density at radius 3 is 2.38 bits per heavy atom. The Balaban J connectivity index is 1.75. The van der Waals surface area contributed by atoms with Crippen molar-refractivity contribution in [3.63, 3.8) is 0 Å². The first-order valence-electron chi connectivity index (χ1n) is 7.53. The van der Waals surface area contributed by atoms with E-state index in [1.165, 1.54) is 4.31 Å². The van der Waals surface area contributed by atoms with Crippen molar-refractivity contribution < 1.29 is 22.5 Å². The number of benzene rings is 1. The highest BCUT2D eigenvalue weighted by Crippen LogP contribution is 2.31. The predicted molar refractivity (Wildman–Crippen MR) is 81.1 cm³/mol. The molecule has 1 aliphatic heterocycles. The Hall–Kier alpha value is -2.07. The molecule has 0 atom stereocenters. The van der Waals surface area contributed by atoms with Crippen LogP contribution in [0.2, 0.25) is 0 Å². The molecular formula is C14H16FN3O5S. The van der Waals surface area contributed by atoms with E-state index in [1.807, 2.05) is 0 Å². The zero-order valence-corrected chi connectivity index (χ0v) is 13.5. The Bertz CT molecular complexity index is 786. The van der Waals surface area contributed by atoms with Gasteiger partial charge < -0.3 is 4.90 Å². The summed E-state index contributed by atoms with van der Waals surface area (Å²) < 4.78 is 39.7. The van der Waals surface area contributed by atoms with Crippen molar-refractivity contribution in [2.75, 3.05) is 26.2 Å². The van der Waals surface area contributed by atoms with Gasteiger partial charge in [0.2, 0.25) is 21.7 Å². The summed E-state index contributed by atoms with van der Waals surface area (Å²) in [5.41, 5.74) is -0.876. The normalized spacial score (nSPS) is 19.3. The summed E-state index contributed by atoms with van der Waals surface area (Å²) in [4.78, 5) is 23.1. The number of carbonyl (C=O) groups is 1. The van der Waals surface area contributed by atoms with E-state index in [0.717, 1.165) is 31.0 Å². The standard InChI is InChI=1S/C14H16FN3O5S/c15-12-4-3-11(9-13(12)18(20)21)24(22,23)17-7-5-16(6-8-17)14(19)10-1-2-10/h3-4,9-10H,1-2,5-8H2. The monoisotopic (exact) mass is 357 g/mol. The van der Waals surface area contributed by atoms with Crippen LogP contribution in [0.1, 0.15) is 12.8 Å². The minimum absolute atomic E-state index is 0.0597. The first kappa shape index (κ1) is 16.8. The lowest BCUT2D eigenvalue weighted by atomic mass is 10.3. The Kier molecular flexibility index (Phi) is 4.26. The lowest BCUT2D eigenvalue weighted by molar-refractivity contribution is -0.387. The quantitative estimate of drug-likeness (QED) is 0.590. The van der Waals surface area contributed by atoms with Crippen LogP contribution in [0.15, 0.2) is 23.1 Å². The van der Waals surface area contributed by atoms with E-state index in [4.69, 9.17) is 0 Å². The molecule has 1 aromatic rings. The number of carbonyl (C=O) groups excluding carboxylic acids is 1. The van der Waals surface area contributed by atoms with E-state index in [1.54, 1.807) is 4.90 Å². The van der Waals surface area contributed by atoms with Crippen molar-refractivity contribution in [2.45, 2.75) is 17.7 Å². The van der Waals surface area contributed by atoms with E-state index in [2.05, 4.69) is 0 Å². The molecule has 0 radical (unpaired) electrons. The second kappa shape index (κ2) is 6.10. The number of hydrogen-bond acceptors (Lipinski definition) is 5. The van der Waals surface area contributed by atoms with E-state index in [0.29, 0.717) is 0 Å². The predicted octanol–water partition coefficient (Wildman–Crippen LogP) is 0.977. The van der Waals surface area contributed by atoms with Crippen molar-refractivity contribution in [2.24, 2.45) is 5.92 Å². The highest BCUT2D eigenvalue weighted by molar-refractivity contribution is 7.89. The molecule has 1 saturated carbocycles. The van der Waals surface area contributed by atoms with Crippen LogP contribution in [0, 0.1) is 21.8 Å². The van der Waals surface area contributed by atoms with Crippen molar-refractivity contribution in [1.82, 2.24) is 9.21 Å². The van der Waals surface area contributed by atoms with Crippen LogP contribution < -0.4 is 0 Å². The minimum atomic E-state index is -3.96. The fraction of sp³-hybridized carbons (Fsp3) is 0.500. The number of hydrogen-bond donors (Lipinski definition) is 0. The molecule has 1 amide bonds. The molecule has 0 bridgehead atoms. The molecule has 1 aromatic carbocycles. The molecule has 8 nitrogen and oxygen atoms in total. The Labute approximate surface area is 138 Å². The molecule has 24 heavy (non-hydrogen) atoms. The summed E-state index contributed by atoms with van der Waals surface area (Å²) >= 11 is 0. The maximum absolute atomic E-state index is 13.4. The van der Waals surface area contributed by atoms with Crippen LogP contribution in [0.25, 0.3) is 0 Å². The third-order valence-electron chi connectivity index (χ3n) is 4.23. The molecule has 130 valence electrons. The van der Waals surface area contributed by atoms with Crippen LogP contribution in [-0.2, 0) is 14.8 Å². The van der Waals surface area contributed by atoms with E-state index >= 15 is 0 Å². The van der Waals surface area contributed by atoms with E-state index in [9.17, 15) is 27.7 Å². The fourth-order valence-corrected chi connectivity index (χ4v) is 4.12. The lowest BCUT2D eigenvalue weighted by Gasteiger charge is -2.34. The van der Waals surface area contributed by atoms with Gasteiger partial charge in [0, 0.05) is 38.2 Å². The largest absolute Gasteiger partial charge is 0.340 e. The van der Waals surface area contributed by atoms with Gasteiger partial charge in [-0.05, 0) is 25.0 Å². The zero-order chi connectivity index (χ0) is 17.5. The first-order chi connectivity index (χ1) is 11.3. The summed E-state index contributed by atoms with van der Waals surface area (Å²) in [5.74, 6) is -0.948. The number of sulfonamides is 1. The fourth-order valence-electron chi connectivity index (χ4n) is 2.68. The van der Waals surface area contributed by atoms with Crippen molar-refractivity contribution >= 4 is 21.6 Å². The average molecular weight is 357 g/mol. The second-order valence-corrected chi connectivity index (χ2v) is 7.81. The molecule has 3 rings (SSSR count). The molecule has 2 aliphatic rings. The molecule has 10 heteroatoms. The topological polar surface area (TPSA) is 101 Å². The van der Waals surface area contributed by atoms with Gasteiger partial charge in [-0.25, -0.2) is 8.42 Å². The molecular weight excluding hydrogens is 341 g/mol. The van der Waals surface area contributed by atoms with Gasteiger partial charge in [-0.15, -0.1) is 0 Å². The first-order valence-corrected chi connectivity index (χ1v) is 8.97. The number of piperazine rings is 1. The molecule has 1 heterocycles. The smallest absolute Gasteiger partial charge is 0.306 e. The number of halogens is 1. The van der Waals surface area contributed by atoms with Crippen molar-refractivity contribution in [1.29, 1.82) is 0 Å². The summed E-state index contributed by atoms with van der Waals surface area (Å²) in [6, 6.07) is 2.52. The van der Waals surface area contributed by atoms with Gasteiger partial charge in [0.1, 0.15) is 0 Å². The molecule has 0 aromatic heterocycles. The molecule has 0 unspecified atom stereocenters. The summed E-state index contributed by atoms with van der Waals surface area (Å²) in [6.45, 7) is 0.813. The van der Waals surface area contributed by atoms with Gasteiger partial charge >= 0.3 is 5.69 Å². The van der Waals surface area contributed by atoms with Crippen LogP contribution in [0.4, 0.5) is 10.1 Å². The Morgan fingerprint density at radius 2 is 1.83 bits per heavy atom. The Morgan fingerprint density at radius 1 is 1.21 bits per heavy atom. The van der Waals surface area contributed by atoms with Crippen LogP contribution in [0.5, 0.6) is 0 Å². The number of nitro benzene ring substituents is 1. The SMILES string of the molecule is O=C(C1CC1)N1CCN(S(=O)(=O)c2ccc(F)c([N+](=O)[O-])c2)CC1.